The highest BCUT2D eigenvalue weighted by molar-refractivity contribution is 6.39. The largest absolute Gasteiger partial charge is 0.619 e. The van der Waals surface area contributed by atoms with Crippen LogP contribution < -0.4 is 24.3 Å². The Morgan fingerprint density at radius 3 is 2.33 bits per heavy atom. The highest BCUT2D eigenvalue weighted by Crippen LogP contribution is 2.46. The minimum atomic E-state index is -3.10. The molecule has 0 bridgehead atoms. The van der Waals surface area contributed by atoms with Crippen LogP contribution in [-0.2, 0) is 4.74 Å². The Bertz CT molecular complexity index is 980. The third-order valence-electron chi connectivity index (χ3n) is 4.60. The lowest BCUT2D eigenvalue weighted by Crippen LogP contribution is -2.50. The summed E-state index contributed by atoms with van der Waals surface area (Å²) in [4.78, 5) is 12.9. The van der Waals surface area contributed by atoms with E-state index in [1.54, 1.807) is 0 Å². The number of hydrogen-bond donors (Lipinski definition) is 1. The molecule has 160 valence electrons. The molecule has 3 heterocycles. The standard InChI is InChI=1S/C18H14Cl2F2N2O6/c19-10-3-24(26)4-11(20)13(10)23-16(25)9-1-2-12(30-17(21)22)15-14(9)28-7-18(8-29-15)5-27-6-18/h1-4,17H,5-8H2,(H,23,25). The van der Waals surface area contributed by atoms with Crippen LogP contribution in [-0.4, -0.2) is 38.9 Å². The first-order valence-electron chi connectivity index (χ1n) is 8.62. The smallest absolute Gasteiger partial charge is 0.387 e. The van der Waals surface area contributed by atoms with E-state index in [1.165, 1.54) is 12.1 Å². The van der Waals surface area contributed by atoms with Gasteiger partial charge in [-0.25, -0.2) is 0 Å². The molecule has 1 aromatic carbocycles. The Labute approximate surface area is 178 Å². The highest BCUT2D eigenvalue weighted by Gasteiger charge is 2.44. The molecular formula is C18H14Cl2F2N2O6. The SMILES string of the molecule is O=C(Nc1c(Cl)c[n+]([O-])cc1Cl)c1ccc(OC(F)F)c2c1OCC1(COC1)CO2. The molecule has 1 fully saturated rings. The van der Waals surface area contributed by atoms with Gasteiger partial charge in [-0.1, -0.05) is 23.2 Å². The maximum absolute atomic E-state index is 12.9. The summed E-state index contributed by atoms with van der Waals surface area (Å²) in [7, 11) is 0. The molecule has 1 spiro atoms. The molecule has 0 atom stereocenters. The van der Waals surface area contributed by atoms with Crippen molar-refractivity contribution in [1.29, 1.82) is 0 Å². The Morgan fingerprint density at radius 2 is 1.77 bits per heavy atom. The predicted octanol–water partition coefficient (Wildman–Crippen LogP) is 3.27. The number of alkyl halides is 2. The lowest BCUT2D eigenvalue weighted by Gasteiger charge is -2.38. The number of fused-ring (bicyclic) bond motifs is 1. The third-order valence-corrected chi connectivity index (χ3v) is 5.17. The summed E-state index contributed by atoms with van der Waals surface area (Å²) in [5, 5.41) is 13.7. The number of rotatable bonds is 4. The first-order chi connectivity index (χ1) is 14.3. The van der Waals surface area contributed by atoms with Crippen molar-refractivity contribution in [3.63, 3.8) is 0 Å². The van der Waals surface area contributed by atoms with Gasteiger partial charge in [-0.2, -0.15) is 13.5 Å². The molecule has 2 aliphatic rings. The van der Waals surface area contributed by atoms with Gasteiger partial charge in [-0.05, 0) is 12.1 Å². The van der Waals surface area contributed by atoms with Gasteiger partial charge in [0.15, 0.2) is 11.5 Å². The summed E-state index contributed by atoms with van der Waals surface area (Å²) in [6.07, 6.45) is 2.03. The molecule has 2 aromatic rings. The number of nitrogens with one attached hydrogen (secondary N) is 1. The normalized spacial score (nSPS) is 16.7. The molecule has 4 rings (SSSR count). The second kappa shape index (κ2) is 7.93. The molecule has 0 saturated carbocycles. The Hall–Kier alpha value is -2.56. The van der Waals surface area contributed by atoms with Gasteiger partial charge in [0.25, 0.3) is 5.91 Å². The number of amides is 1. The Balaban J connectivity index is 1.69. The molecule has 1 saturated heterocycles. The van der Waals surface area contributed by atoms with Gasteiger partial charge < -0.3 is 29.5 Å². The number of benzene rings is 1. The van der Waals surface area contributed by atoms with Crippen LogP contribution in [0.15, 0.2) is 24.5 Å². The van der Waals surface area contributed by atoms with Crippen LogP contribution in [0.2, 0.25) is 10.0 Å². The predicted molar refractivity (Wildman–Crippen MR) is 101 cm³/mol. The van der Waals surface area contributed by atoms with Crippen LogP contribution in [0.4, 0.5) is 14.5 Å². The van der Waals surface area contributed by atoms with Crippen molar-refractivity contribution >= 4 is 34.8 Å². The van der Waals surface area contributed by atoms with Crippen molar-refractivity contribution in [2.75, 3.05) is 31.7 Å². The molecule has 2 aliphatic heterocycles. The van der Waals surface area contributed by atoms with E-state index in [1.807, 2.05) is 0 Å². The summed E-state index contributed by atoms with van der Waals surface area (Å²) in [6, 6.07) is 2.43. The molecular weight excluding hydrogens is 449 g/mol. The molecule has 8 nitrogen and oxygen atoms in total. The number of carbonyl (C=O) groups excluding carboxylic acids is 1. The van der Waals surface area contributed by atoms with Crippen LogP contribution in [0.3, 0.4) is 0 Å². The van der Waals surface area contributed by atoms with Crippen molar-refractivity contribution in [2.24, 2.45) is 5.41 Å². The number of carbonyl (C=O) groups is 1. The van der Waals surface area contributed by atoms with E-state index in [0.29, 0.717) is 17.9 Å². The van der Waals surface area contributed by atoms with Crippen molar-refractivity contribution in [3.05, 3.63) is 45.3 Å². The van der Waals surface area contributed by atoms with E-state index < -0.39 is 17.9 Å². The fourth-order valence-corrected chi connectivity index (χ4v) is 3.58. The first kappa shape index (κ1) is 20.7. The van der Waals surface area contributed by atoms with Gasteiger partial charge in [0, 0.05) is 0 Å². The van der Waals surface area contributed by atoms with Crippen molar-refractivity contribution in [2.45, 2.75) is 6.61 Å². The maximum atomic E-state index is 12.9. The van der Waals surface area contributed by atoms with E-state index in [2.05, 4.69) is 10.1 Å². The number of pyridine rings is 1. The second-order valence-corrected chi connectivity index (χ2v) is 7.68. The second-order valence-electron chi connectivity index (χ2n) is 6.86. The van der Waals surface area contributed by atoms with Crippen LogP contribution in [0.1, 0.15) is 10.4 Å². The molecule has 30 heavy (non-hydrogen) atoms. The van der Waals surface area contributed by atoms with Gasteiger partial charge in [-0.3, -0.25) is 4.79 Å². The summed E-state index contributed by atoms with van der Waals surface area (Å²) in [5.41, 5.74) is -0.451. The van der Waals surface area contributed by atoms with E-state index >= 15 is 0 Å². The van der Waals surface area contributed by atoms with Gasteiger partial charge in [-0.15, -0.1) is 0 Å². The summed E-state index contributed by atoms with van der Waals surface area (Å²) < 4.78 is 47.2. The fourth-order valence-electron chi connectivity index (χ4n) is 3.05. The van der Waals surface area contributed by atoms with E-state index in [-0.39, 0.29) is 51.8 Å². The number of nitrogens with zero attached hydrogens (tertiary/aromatic N) is 1. The monoisotopic (exact) mass is 462 g/mol. The van der Waals surface area contributed by atoms with Crippen molar-refractivity contribution in [1.82, 2.24) is 0 Å². The zero-order valence-electron chi connectivity index (χ0n) is 15.1. The molecule has 0 aliphatic carbocycles. The van der Waals surface area contributed by atoms with Gasteiger partial charge in [0.2, 0.25) is 18.1 Å². The van der Waals surface area contributed by atoms with Crippen LogP contribution in [0.5, 0.6) is 17.2 Å². The number of aromatic nitrogens is 1. The minimum absolute atomic E-state index is 0.00972. The third kappa shape index (κ3) is 3.90. The molecule has 0 radical (unpaired) electrons. The first-order valence-corrected chi connectivity index (χ1v) is 9.38. The zero-order chi connectivity index (χ0) is 21.5. The molecule has 12 heteroatoms. The summed E-state index contributed by atoms with van der Waals surface area (Å²) in [5.74, 6) is -1.14. The highest BCUT2D eigenvalue weighted by atomic mass is 35.5. The van der Waals surface area contributed by atoms with E-state index in [4.69, 9.17) is 37.4 Å². The Morgan fingerprint density at radius 1 is 1.13 bits per heavy atom. The van der Waals surface area contributed by atoms with Crippen LogP contribution in [0, 0.1) is 10.6 Å². The van der Waals surface area contributed by atoms with E-state index in [0.717, 1.165) is 12.4 Å². The lowest BCUT2D eigenvalue weighted by molar-refractivity contribution is -0.605. The Kier molecular flexibility index (Phi) is 5.48. The molecule has 1 aromatic heterocycles. The van der Waals surface area contributed by atoms with Crippen molar-refractivity contribution < 1.29 is 37.3 Å². The average Bonchev–Trinajstić information content (AvgIpc) is 2.85. The maximum Gasteiger partial charge on any atom is 0.387 e. The van der Waals surface area contributed by atoms with Gasteiger partial charge in [0.05, 0.1) is 29.9 Å². The quantitative estimate of drug-likeness (QED) is 0.553. The number of ether oxygens (including phenoxy) is 4. The number of halogens is 4. The lowest BCUT2D eigenvalue weighted by atomic mass is 9.88. The van der Waals surface area contributed by atoms with Crippen LogP contribution in [0.25, 0.3) is 0 Å². The van der Waals surface area contributed by atoms with Crippen molar-refractivity contribution in [3.8, 4) is 17.2 Å². The van der Waals surface area contributed by atoms with E-state index in [9.17, 15) is 18.8 Å². The van der Waals surface area contributed by atoms with Gasteiger partial charge >= 0.3 is 6.61 Å². The zero-order valence-corrected chi connectivity index (χ0v) is 16.6. The number of anilines is 1. The minimum Gasteiger partial charge on any atom is -0.619 e. The summed E-state index contributed by atoms with van der Waals surface area (Å²) in [6.45, 7) is -2.05. The van der Waals surface area contributed by atoms with Gasteiger partial charge in [0.1, 0.15) is 23.3 Å². The topological polar surface area (TPSA) is 93.0 Å². The summed E-state index contributed by atoms with van der Waals surface area (Å²) >= 11 is 12.0. The van der Waals surface area contributed by atoms with Crippen LogP contribution >= 0.6 is 23.2 Å². The average molecular weight is 463 g/mol. The fraction of sp³-hybridized carbons (Fsp3) is 0.333. The molecule has 1 amide bonds. The molecule has 1 N–H and O–H groups in total. The number of hydrogen-bond acceptors (Lipinski definition) is 6. The molecule has 0 unspecified atom stereocenters.